The van der Waals surface area contributed by atoms with Gasteiger partial charge in [-0.2, -0.15) is 4.98 Å². The lowest BCUT2D eigenvalue weighted by atomic mass is 9.64. The number of benzene rings is 2. The van der Waals surface area contributed by atoms with Crippen LogP contribution in [0.1, 0.15) is 75.1 Å². The van der Waals surface area contributed by atoms with Crippen LogP contribution in [-0.2, 0) is 33.1 Å². The molecule has 0 aliphatic heterocycles. The van der Waals surface area contributed by atoms with Gasteiger partial charge in [0.2, 0.25) is 11.7 Å². The number of methoxy groups -OCH3 is 2. The lowest BCUT2D eigenvalue weighted by Gasteiger charge is -2.41. The number of amides is 1. The number of anilines is 2. The first kappa shape index (κ1) is 29.8. The van der Waals surface area contributed by atoms with Crippen LogP contribution < -0.4 is 19.5 Å². The quantitative estimate of drug-likeness (QED) is 0.337. The van der Waals surface area contributed by atoms with Crippen LogP contribution in [0.4, 0.5) is 11.5 Å². The predicted molar refractivity (Wildman–Crippen MR) is 163 cm³/mol. The molecule has 3 atom stereocenters. The summed E-state index contributed by atoms with van der Waals surface area (Å²) in [5.74, 6) is 1.84. The summed E-state index contributed by atoms with van der Waals surface area (Å²) in [5.41, 5.74) is 5.23. The maximum atomic E-state index is 13.8. The summed E-state index contributed by atoms with van der Waals surface area (Å²) in [7, 11) is -1.23. The predicted octanol–water partition coefficient (Wildman–Crippen LogP) is 5.85. The third kappa shape index (κ3) is 5.44. The van der Waals surface area contributed by atoms with Gasteiger partial charge >= 0.3 is 0 Å². The summed E-state index contributed by atoms with van der Waals surface area (Å²) >= 11 is 0. The van der Waals surface area contributed by atoms with Gasteiger partial charge in [-0.1, -0.05) is 32.9 Å². The van der Waals surface area contributed by atoms with E-state index in [1.165, 1.54) is 55.8 Å². The molecule has 1 aromatic heterocycles. The van der Waals surface area contributed by atoms with Crippen molar-refractivity contribution in [3.8, 4) is 11.6 Å². The Bertz CT molecular complexity index is 1590. The number of fused-ring (bicyclic) bond motifs is 3. The highest BCUT2D eigenvalue weighted by molar-refractivity contribution is 7.92. The minimum Gasteiger partial charge on any atom is -0.489 e. The van der Waals surface area contributed by atoms with Crippen LogP contribution in [0.15, 0.2) is 47.6 Å². The molecule has 5 rings (SSSR count). The summed E-state index contributed by atoms with van der Waals surface area (Å²) in [6.07, 6.45) is 6.25. The molecular formula is C32H40N4O5S. The molecule has 2 N–H and O–H groups in total. The number of nitrogens with one attached hydrogen (secondary N) is 2. The van der Waals surface area contributed by atoms with Crippen molar-refractivity contribution in [3.05, 3.63) is 65.0 Å². The third-order valence-corrected chi connectivity index (χ3v) is 10.5. The molecule has 3 aromatic rings. The molecule has 0 saturated heterocycles. The largest absolute Gasteiger partial charge is 0.489 e. The molecule has 2 aliphatic rings. The minimum atomic E-state index is -4.00. The van der Waals surface area contributed by atoms with Gasteiger partial charge in [0, 0.05) is 5.69 Å². The van der Waals surface area contributed by atoms with Crippen LogP contribution in [0.2, 0.25) is 0 Å². The molecule has 0 bridgehead atoms. The van der Waals surface area contributed by atoms with Crippen molar-refractivity contribution in [2.45, 2.75) is 76.0 Å². The molecule has 2 aromatic carbocycles. The van der Waals surface area contributed by atoms with Crippen molar-refractivity contribution in [1.29, 1.82) is 0 Å². The number of carbonyl (C=O) groups excluding carboxylic acids is 1. The Balaban J connectivity index is 1.36. The third-order valence-electron chi connectivity index (χ3n) is 9.13. The van der Waals surface area contributed by atoms with Crippen LogP contribution in [0.3, 0.4) is 0 Å². The highest BCUT2D eigenvalue weighted by Crippen LogP contribution is 2.47. The van der Waals surface area contributed by atoms with Crippen LogP contribution in [0, 0.1) is 11.8 Å². The van der Waals surface area contributed by atoms with Gasteiger partial charge in [-0.05, 0) is 103 Å². The van der Waals surface area contributed by atoms with Gasteiger partial charge in [-0.15, -0.1) is 0 Å². The molecule has 0 saturated carbocycles. The van der Waals surface area contributed by atoms with Crippen LogP contribution in [0.5, 0.6) is 11.6 Å². The van der Waals surface area contributed by atoms with E-state index in [1.807, 2.05) is 6.92 Å². The standard InChI is InChI=1S/C32H40N4O5S/c1-19(2)21-7-13-25-22(17-21)8-14-26-27(25)20(3)15-16-32(26,4)31(37)35-23-9-11-24(12-10-23)42(38,39)36-29-28(40-5)30(41-6)34-18-33-29/h8-12,14,18-21H,7,13,15-17H2,1-6H3,(H,35,37)(H,33,34,36). The highest BCUT2D eigenvalue weighted by Gasteiger charge is 2.42. The molecule has 9 nitrogen and oxygen atoms in total. The van der Waals surface area contributed by atoms with Gasteiger partial charge in [0.15, 0.2) is 5.82 Å². The Morgan fingerprint density at radius 1 is 1.05 bits per heavy atom. The first-order valence-electron chi connectivity index (χ1n) is 14.5. The molecule has 10 heteroatoms. The van der Waals surface area contributed by atoms with Gasteiger partial charge in [0.25, 0.3) is 15.9 Å². The average molecular weight is 593 g/mol. The van der Waals surface area contributed by atoms with E-state index in [0.717, 1.165) is 31.2 Å². The van der Waals surface area contributed by atoms with Crippen molar-refractivity contribution in [1.82, 2.24) is 9.97 Å². The molecule has 1 amide bonds. The van der Waals surface area contributed by atoms with Gasteiger partial charge in [0.05, 0.1) is 24.5 Å². The van der Waals surface area contributed by atoms with E-state index in [9.17, 15) is 13.2 Å². The second kappa shape index (κ2) is 11.6. The van der Waals surface area contributed by atoms with E-state index >= 15 is 0 Å². The lowest BCUT2D eigenvalue weighted by molar-refractivity contribution is -0.121. The number of hydrogen-bond donors (Lipinski definition) is 2. The van der Waals surface area contributed by atoms with Gasteiger partial charge < -0.3 is 14.8 Å². The van der Waals surface area contributed by atoms with Gasteiger partial charge in [-0.25, -0.2) is 13.4 Å². The number of ether oxygens (including phenoxy) is 2. The maximum Gasteiger partial charge on any atom is 0.263 e. The number of hydrogen-bond acceptors (Lipinski definition) is 7. The normalized spacial score (nSPS) is 21.7. The first-order valence-corrected chi connectivity index (χ1v) is 16.0. The van der Waals surface area contributed by atoms with E-state index in [0.29, 0.717) is 23.4 Å². The summed E-state index contributed by atoms with van der Waals surface area (Å²) in [4.78, 5) is 21.8. The number of sulfonamides is 1. The molecule has 0 fully saturated rings. The smallest absolute Gasteiger partial charge is 0.263 e. The van der Waals surface area contributed by atoms with Crippen molar-refractivity contribution >= 4 is 27.4 Å². The molecule has 1 heterocycles. The highest BCUT2D eigenvalue weighted by atomic mass is 32.2. The lowest BCUT2D eigenvalue weighted by Crippen LogP contribution is -2.41. The topological polar surface area (TPSA) is 120 Å². The fourth-order valence-electron chi connectivity index (χ4n) is 6.48. The Morgan fingerprint density at radius 2 is 1.79 bits per heavy atom. The first-order chi connectivity index (χ1) is 20.0. The minimum absolute atomic E-state index is 0.00880. The Hall–Kier alpha value is -3.66. The zero-order chi connectivity index (χ0) is 30.2. The molecule has 0 radical (unpaired) electrons. The van der Waals surface area contributed by atoms with Crippen molar-refractivity contribution < 1.29 is 22.7 Å². The van der Waals surface area contributed by atoms with E-state index < -0.39 is 15.4 Å². The van der Waals surface area contributed by atoms with Gasteiger partial charge in [-0.3, -0.25) is 9.52 Å². The summed E-state index contributed by atoms with van der Waals surface area (Å²) in [6.45, 7) is 8.93. The maximum absolute atomic E-state index is 13.8. The number of nitrogens with zero attached hydrogens (tertiary/aromatic N) is 2. The SMILES string of the molecule is COc1ncnc(NS(=O)(=O)c2ccc(NC(=O)C3(C)CCC(C)c4c3ccc3c4CCC(C(C)C)C3)cc2)c1OC. The zero-order valence-electron chi connectivity index (χ0n) is 25.2. The molecule has 0 spiro atoms. The average Bonchev–Trinajstić information content (AvgIpc) is 2.98. The van der Waals surface area contributed by atoms with E-state index in [2.05, 4.69) is 52.9 Å². The van der Waals surface area contributed by atoms with Crippen LogP contribution in [0.25, 0.3) is 0 Å². The van der Waals surface area contributed by atoms with E-state index in [-0.39, 0.29) is 28.3 Å². The summed E-state index contributed by atoms with van der Waals surface area (Å²) in [5, 5.41) is 3.06. The fraction of sp³-hybridized carbons (Fsp3) is 0.469. The van der Waals surface area contributed by atoms with Crippen molar-refractivity contribution in [2.75, 3.05) is 24.3 Å². The molecular weight excluding hydrogens is 552 g/mol. The zero-order valence-corrected chi connectivity index (χ0v) is 26.0. The van der Waals surface area contributed by atoms with Crippen molar-refractivity contribution in [2.24, 2.45) is 11.8 Å². The molecule has 42 heavy (non-hydrogen) atoms. The van der Waals surface area contributed by atoms with Crippen LogP contribution >= 0.6 is 0 Å². The molecule has 3 unspecified atom stereocenters. The van der Waals surface area contributed by atoms with E-state index in [1.54, 1.807) is 12.1 Å². The van der Waals surface area contributed by atoms with E-state index in [4.69, 9.17) is 9.47 Å². The molecule has 224 valence electrons. The van der Waals surface area contributed by atoms with Crippen molar-refractivity contribution in [3.63, 3.8) is 0 Å². The Labute approximate surface area is 248 Å². The second-order valence-electron chi connectivity index (χ2n) is 12.0. The van der Waals surface area contributed by atoms with Crippen LogP contribution in [-0.4, -0.2) is 38.5 Å². The summed E-state index contributed by atoms with van der Waals surface area (Å²) < 4.78 is 39.0. The second-order valence-corrected chi connectivity index (χ2v) is 13.7. The number of rotatable bonds is 8. The molecule has 2 aliphatic carbocycles. The fourth-order valence-corrected chi connectivity index (χ4v) is 7.49. The monoisotopic (exact) mass is 592 g/mol. The Morgan fingerprint density at radius 3 is 2.45 bits per heavy atom. The number of carbonyl (C=O) groups is 1. The number of aromatic nitrogens is 2. The van der Waals surface area contributed by atoms with Gasteiger partial charge in [0.1, 0.15) is 6.33 Å². The Kier molecular flexibility index (Phi) is 8.20. The summed E-state index contributed by atoms with van der Waals surface area (Å²) in [6, 6.07) is 10.5.